The first-order chi connectivity index (χ1) is 14.0. The van der Waals surface area contributed by atoms with Gasteiger partial charge in [-0.05, 0) is 54.9 Å². The molecule has 4 bridgehead atoms. The molecule has 154 valence electrons. The summed E-state index contributed by atoms with van der Waals surface area (Å²) in [5.74, 6) is 1.90. The van der Waals surface area contributed by atoms with Crippen molar-refractivity contribution < 1.29 is 19.1 Å². The first-order valence-corrected chi connectivity index (χ1v) is 10.7. The van der Waals surface area contributed by atoms with Crippen LogP contribution in [-0.4, -0.2) is 47.8 Å². The molecule has 0 N–H and O–H groups in total. The minimum absolute atomic E-state index is 0.334. The van der Waals surface area contributed by atoms with Gasteiger partial charge in [0.25, 0.3) is 0 Å². The van der Waals surface area contributed by atoms with E-state index < -0.39 is 0 Å². The van der Waals surface area contributed by atoms with Crippen LogP contribution < -0.4 is 4.74 Å². The van der Waals surface area contributed by atoms with E-state index in [2.05, 4.69) is 11.8 Å². The van der Waals surface area contributed by atoms with Crippen molar-refractivity contribution in [1.29, 1.82) is 0 Å². The van der Waals surface area contributed by atoms with Crippen molar-refractivity contribution in [3.05, 3.63) is 29.5 Å². The molecule has 6 heteroatoms. The van der Waals surface area contributed by atoms with E-state index >= 15 is 0 Å². The van der Waals surface area contributed by atoms with Gasteiger partial charge in [-0.1, -0.05) is 13.3 Å². The minimum atomic E-state index is -0.340. The smallest absolute Gasteiger partial charge is 0.418 e. The number of piperidine rings is 2. The first kappa shape index (κ1) is 18.7. The molecule has 3 aliphatic heterocycles. The number of nitrogens with zero attached hydrogens (tertiary/aromatic N) is 2. The van der Waals surface area contributed by atoms with Crippen molar-refractivity contribution in [3.8, 4) is 5.75 Å². The molecule has 0 spiro atoms. The van der Waals surface area contributed by atoms with Crippen LogP contribution >= 0.6 is 0 Å². The monoisotopic (exact) mass is 396 g/mol. The summed E-state index contributed by atoms with van der Waals surface area (Å²) in [6.45, 7) is 5.89. The number of ether oxygens (including phenoxy) is 2. The number of rotatable bonds is 2. The molecule has 6 rings (SSSR count). The highest BCUT2D eigenvalue weighted by atomic mass is 16.5. The maximum Gasteiger partial charge on any atom is 0.418 e. The van der Waals surface area contributed by atoms with Crippen LogP contribution in [-0.2, 0) is 16.0 Å². The van der Waals surface area contributed by atoms with E-state index in [1.165, 1.54) is 39.0 Å². The molecule has 1 saturated carbocycles. The normalized spacial score (nSPS) is 30.0. The van der Waals surface area contributed by atoms with Crippen LogP contribution in [0.4, 0.5) is 4.79 Å². The minimum Gasteiger partial charge on any atom is -0.452 e. The molecule has 1 unspecified atom stereocenters. The molecule has 1 aliphatic carbocycles. The molecule has 3 fully saturated rings. The third kappa shape index (κ3) is 2.80. The lowest BCUT2D eigenvalue weighted by atomic mass is 9.65. The number of aromatic nitrogens is 1. The van der Waals surface area contributed by atoms with Crippen LogP contribution in [0.2, 0.25) is 0 Å². The molecular weight excluding hydrogens is 368 g/mol. The SMILES string of the molecule is CC[C@H]1C[C@@H]2C[C@H]3c4c(c5cc(OC(C)=O)ccc5n4C(=O)OC)CCN(C2)[C@@H]13. The second kappa shape index (κ2) is 6.87. The summed E-state index contributed by atoms with van der Waals surface area (Å²) < 4.78 is 12.3. The molecule has 2 aromatic rings. The summed E-state index contributed by atoms with van der Waals surface area (Å²) in [4.78, 5) is 27.0. The summed E-state index contributed by atoms with van der Waals surface area (Å²) in [6, 6.07) is 6.05. The van der Waals surface area contributed by atoms with Crippen molar-refractivity contribution in [1.82, 2.24) is 9.47 Å². The fourth-order valence-electron chi connectivity index (χ4n) is 6.35. The Morgan fingerprint density at radius 2 is 2.07 bits per heavy atom. The van der Waals surface area contributed by atoms with Gasteiger partial charge in [0.2, 0.25) is 0 Å². The summed E-state index contributed by atoms with van der Waals surface area (Å²) in [6.07, 6.45) is 4.18. The second-order valence-electron chi connectivity index (χ2n) is 8.79. The molecule has 6 nitrogen and oxygen atoms in total. The molecule has 0 amide bonds. The number of methoxy groups -OCH3 is 1. The molecule has 4 heterocycles. The van der Waals surface area contributed by atoms with Crippen molar-refractivity contribution in [2.45, 2.75) is 51.5 Å². The molecule has 1 aromatic carbocycles. The maximum absolute atomic E-state index is 12.9. The highest BCUT2D eigenvalue weighted by Gasteiger charge is 2.49. The van der Waals surface area contributed by atoms with E-state index in [1.54, 1.807) is 10.6 Å². The van der Waals surface area contributed by atoms with E-state index in [9.17, 15) is 9.59 Å². The molecule has 4 aliphatic rings. The number of hydrogen-bond donors (Lipinski definition) is 0. The highest BCUT2D eigenvalue weighted by Crippen LogP contribution is 2.52. The number of hydrogen-bond acceptors (Lipinski definition) is 5. The lowest BCUT2D eigenvalue weighted by Gasteiger charge is -2.53. The average molecular weight is 396 g/mol. The van der Waals surface area contributed by atoms with E-state index in [-0.39, 0.29) is 12.1 Å². The van der Waals surface area contributed by atoms with Crippen LogP contribution in [0.1, 0.15) is 50.3 Å². The zero-order chi connectivity index (χ0) is 20.3. The standard InChI is InChI=1S/C23H28N2O4/c1-4-15-9-14-10-19-21(15)24(12-14)8-7-17-18-11-16(29-13(2)26)5-6-20(18)25(22(17)19)23(27)28-3/h5-6,11,14-15,19,21H,4,7-10,12H2,1-3H3/t14-,15+,19-,21+/m1/s1. The lowest BCUT2D eigenvalue weighted by Crippen LogP contribution is -2.56. The van der Waals surface area contributed by atoms with Crippen molar-refractivity contribution in [2.75, 3.05) is 20.2 Å². The van der Waals surface area contributed by atoms with Gasteiger partial charge in [-0.25, -0.2) is 9.36 Å². The Labute approximate surface area is 170 Å². The fraction of sp³-hybridized carbons (Fsp3) is 0.565. The van der Waals surface area contributed by atoms with E-state index in [4.69, 9.17) is 9.47 Å². The van der Waals surface area contributed by atoms with Crippen molar-refractivity contribution in [3.63, 3.8) is 0 Å². The molecule has 2 saturated heterocycles. The Morgan fingerprint density at radius 3 is 2.79 bits per heavy atom. The third-order valence-corrected chi connectivity index (χ3v) is 7.26. The van der Waals surface area contributed by atoms with Gasteiger partial charge >= 0.3 is 12.1 Å². The Morgan fingerprint density at radius 1 is 1.24 bits per heavy atom. The third-order valence-electron chi connectivity index (χ3n) is 7.26. The van der Waals surface area contributed by atoms with Gasteiger partial charge < -0.3 is 9.47 Å². The van der Waals surface area contributed by atoms with Crippen LogP contribution in [0.15, 0.2) is 18.2 Å². The van der Waals surface area contributed by atoms with E-state index in [0.29, 0.717) is 29.5 Å². The number of carbonyl (C=O) groups is 2. The molecule has 1 aromatic heterocycles. The van der Waals surface area contributed by atoms with Crippen LogP contribution in [0.25, 0.3) is 10.9 Å². The average Bonchev–Trinajstić information content (AvgIpc) is 2.98. The van der Waals surface area contributed by atoms with Gasteiger partial charge in [0, 0.05) is 43.1 Å². The number of esters is 1. The Hall–Kier alpha value is -2.34. The Bertz CT molecular complexity index is 994. The van der Waals surface area contributed by atoms with Crippen molar-refractivity contribution in [2.24, 2.45) is 11.8 Å². The summed E-state index contributed by atoms with van der Waals surface area (Å²) in [7, 11) is 1.44. The summed E-state index contributed by atoms with van der Waals surface area (Å²) in [5, 5.41) is 1.00. The van der Waals surface area contributed by atoms with E-state index in [1.807, 2.05) is 12.1 Å². The van der Waals surface area contributed by atoms with E-state index in [0.717, 1.165) is 36.0 Å². The maximum atomic E-state index is 12.9. The van der Waals surface area contributed by atoms with Crippen LogP contribution in [0, 0.1) is 11.8 Å². The van der Waals surface area contributed by atoms with Gasteiger partial charge in [-0.15, -0.1) is 0 Å². The Kier molecular flexibility index (Phi) is 4.42. The molecular formula is C23H28N2O4. The number of fused-ring (bicyclic) bond motifs is 4. The second-order valence-corrected chi connectivity index (χ2v) is 8.79. The Balaban J connectivity index is 1.73. The zero-order valence-corrected chi connectivity index (χ0v) is 17.3. The number of carbonyl (C=O) groups excluding carboxylic acids is 2. The van der Waals surface area contributed by atoms with Crippen molar-refractivity contribution >= 4 is 23.0 Å². The first-order valence-electron chi connectivity index (χ1n) is 10.7. The molecule has 0 radical (unpaired) electrons. The lowest BCUT2D eigenvalue weighted by molar-refractivity contribution is -0.131. The van der Waals surface area contributed by atoms with Crippen LogP contribution in [0.5, 0.6) is 5.75 Å². The van der Waals surface area contributed by atoms with Gasteiger partial charge in [0.05, 0.1) is 12.6 Å². The molecule has 5 atom stereocenters. The predicted molar refractivity (Wildman–Crippen MR) is 109 cm³/mol. The molecule has 29 heavy (non-hydrogen) atoms. The topological polar surface area (TPSA) is 60.8 Å². The predicted octanol–water partition coefficient (Wildman–Crippen LogP) is 3.94. The largest absolute Gasteiger partial charge is 0.452 e. The fourth-order valence-corrected chi connectivity index (χ4v) is 6.35. The van der Waals surface area contributed by atoms with Gasteiger partial charge in [-0.2, -0.15) is 0 Å². The van der Waals surface area contributed by atoms with Gasteiger partial charge in [0.15, 0.2) is 0 Å². The quantitative estimate of drug-likeness (QED) is 0.568. The summed E-state index contributed by atoms with van der Waals surface area (Å²) >= 11 is 0. The van der Waals surface area contributed by atoms with Crippen LogP contribution in [0.3, 0.4) is 0 Å². The van der Waals surface area contributed by atoms with Gasteiger partial charge in [0.1, 0.15) is 5.75 Å². The zero-order valence-electron chi connectivity index (χ0n) is 17.3. The number of benzene rings is 1. The van der Waals surface area contributed by atoms with Gasteiger partial charge in [-0.3, -0.25) is 9.69 Å². The summed E-state index contributed by atoms with van der Waals surface area (Å²) in [5.41, 5.74) is 3.19. The highest BCUT2D eigenvalue weighted by molar-refractivity contribution is 5.95.